The van der Waals surface area contributed by atoms with Crippen LogP contribution in [0.2, 0.25) is 0 Å². The molecule has 2 N–H and O–H groups in total. The molecule has 4 rings (SSSR count). The number of piperidine rings is 1. The first-order valence-electron chi connectivity index (χ1n) is 10.4. The van der Waals surface area contributed by atoms with Crippen LogP contribution in [0.25, 0.3) is 0 Å². The standard InChI is InChI=1S/C22H29N3O3/c1-15-20(21(24-28-15)16-5-3-2-4-6-16)22(27)23-17-7-9-18(10-8-17)25-13-11-19(26)12-14-25/h7-10,16,19,26H,2-6,11-14H2,1H3,(H,23,27). The number of aryl methyl sites for hydroxylation is 1. The van der Waals surface area contributed by atoms with E-state index in [2.05, 4.69) is 15.4 Å². The SMILES string of the molecule is Cc1onc(C2CCCCC2)c1C(=O)Nc1ccc(N2CCC(O)CC2)cc1. The van der Waals surface area contributed by atoms with Crippen molar-refractivity contribution in [2.75, 3.05) is 23.3 Å². The fraction of sp³-hybridized carbons (Fsp3) is 0.545. The minimum Gasteiger partial charge on any atom is -0.393 e. The number of rotatable bonds is 4. The predicted molar refractivity (Wildman–Crippen MR) is 109 cm³/mol. The van der Waals surface area contributed by atoms with Crippen LogP contribution in [-0.4, -0.2) is 35.4 Å². The number of aliphatic hydroxyl groups is 1. The first-order valence-corrected chi connectivity index (χ1v) is 10.4. The van der Waals surface area contributed by atoms with Crippen LogP contribution in [0.15, 0.2) is 28.8 Å². The van der Waals surface area contributed by atoms with E-state index in [4.69, 9.17) is 4.52 Å². The van der Waals surface area contributed by atoms with Gasteiger partial charge in [0.25, 0.3) is 5.91 Å². The van der Waals surface area contributed by atoms with Gasteiger partial charge in [-0.25, -0.2) is 0 Å². The molecule has 1 aliphatic heterocycles. The summed E-state index contributed by atoms with van der Waals surface area (Å²) in [4.78, 5) is 15.2. The van der Waals surface area contributed by atoms with Gasteiger partial charge in [0, 0.05) is 30.4 Å². The monoisotopic (exact) mass is 383 g/mol. The van der Waals surface area contributed by atoms with Crippen LogP contribution in [0.1, 0.15) is 72.7 Å². The Kier molecular flexibility index (Phi) is 5.67. The van der Waals surface area contributed by atoms with Gasteiger partial charge in [-0.15, -0.1) is 0 Å². The van der Waals surface area contributed by atoms with Gasteiger partial charge in [0.15, 0.2) is 0 Å². The number of aromatic nitrogens is 1. The summed E-state index contributed by atoms with van der Waals surface area (Å²) < 4.78 is 5.38. The van der Waals surface area contributed by atoms with E-state index in [1.807, 2.05) is 31.2 Å². The molecule has 6 heteroatoms. The predicted octanol–water partition coefficient (Wildman–Crippen LogP) is 4.24. The zero-order valence-corrected chi connectivity index (χ0v) is 16.5. The Balaban J connectivity index is 1.45. The van der Waals surface area contributed by atoms with E-state index >= 15 is 0 Å². The van der Waals surface area contributed by atoms with Gasteiger partial charge >= 0.3 is 0 Å². The van der Waals surface area contributed by atoms with E-state index in [1.165, 1.54) is 19.3 Å². The molecule has 1 aromatic carbocycles. The summed E-state index contributed by atoms with van der Waals surface area (Å²) in [5.41, 5.74) is 3.30. The third kappa shape index (κ3) is 4.07. The number of hydrogen-bond donors (Lipinski definition) is 2. The summed E-state index contributed by atoms with van der Waals surface area (Å²) in [5, 5.41) is 16.9. The molecule has 2 fully saturated rings. The van der Waals surface area contributed by atoms with E-state index in [0.29, 0.717) is 17.2 Å². The number of nitrogens with one attached hydrogen (secondary N) is 1. The van der Waals surface area contributed by atoms with E-state index in [9.17, 15) is 9.90 Å². The first-order chi connectivity index (χ1) is 13.6. The normalized spacial score (nSPS) is 19.0. The van der Waals surface area contributed by atoms with Crippen molar-refractivity contribution < 1.29 is 14.4 Å². The van der Waals surface area contributed by atoms with Gasteiger partial charge in [-0.05, 0) is 56.9 Å². The molecular formula is C22H29N3O3. The molecule has 150 valence electrons. The molecule has 0 bridgehead atoms. The van der Waals surface area contributed by atoms with Crippen LogP contribution < -0.4 is 10.2 Å². The Hall–Kier alpha value is -2.34. The maximum absolute atomic E-state index is 12.9. The number of carbonyl (C=O) groups is 1. The summed E-state index contributed by atoms with van der Waals surface area (Å²) in [6, 6.07) is 7.91. The van der Waals surface area contributed by atoms with Crippen molar-refractivity contribution >= 4 is 17.3 Å². The molecule has 28 heavy (non-hydrogen) atoms. The van der Waals surface area contributed by atoms with E-state index in [1.54, 1.807) is 0 Å². The van der Waals surface area contributed by atoms with Crippen molar-refractivity contribution in [3.63, 3.8) is 0 Å². The van der Waals surface area contributed by atoms with Gasteiger partial charge in [0.05, 0.1) is 11.8 Å². The van der Waals surface area contributed by atoms with Gasteiger partial charge in [-0.3, -0.25) is 4.79 Å². The van der Waals surface area contributed by atoms with Gasteiger partial charge in [0.2, 0.25) is 0 Å². The van der Waals surface area contributed by atoms with Crippen LogP contribution in [0.3, 0.4) is 0 Å². The van der Waals surface area contributed by atoms with Crippen LogP contribution in [0.5, 0.6) is 0 Å². The van der Waals surface area contributed by atoms with Gasteiger partial charge in [0.1, 0.15) is 11.3 Å². The minimum absolute atomic E-state index is 0.145. The summed E-state index contributed by atoms with van der Waals surface area (Å²) in [5.74, 6) is 0.763. The highest BCUT2D eigenvalue weighted by Gasteiger charge is 2.28. The number of amides is 1. The molecule has 1 amide bonds. The smallest absolute Gasteiger partial charge is 0.261 e. The summed E-state index contributed by atoms with van der Waals surface area (Å²) in [6.45, 7) is 3.52. The highest BCUT2D eigenvalue weighted by Crippen LogP contribution is 2.35. The van der Waals surface area contributed by atoms with Crippen LogP contribution in [0, 0.1) is 6.92 Å². The Morgan fingerprint density at radius 1 is 1.11 bits per heavy atom. The number of hydrogen-bond acceptors (Lipinski definition) is 5. The third-order valence-corrected chi connectivity index (χ3v) is 6.06. The molecule has 1 saturated heterocycles. The van der Waals surface area contributed by atoms with Gasteiger partial charge in [-0.1, -0.05) is 24.4 Å². The number of benzene rings is 1. The topological polar surface area (TPSA) is 78.6 Å². The van der Waals surface area contributed by atoms with Gasteiger partial charge < -0.3 is 19.8 Å². The van der Waals surface area contributed by atoms with E-state index in [-0.39, 0.29) is 12.0 Å². The summed E-state index contributed by atoms with van der Waals surface area (Å²) in [7, 11) is 0. The largest absolute Gasteiger partial charge is 0.393 e. The van der Waals surface area contributed by atoms with Crippen LogP contribution in [-0.2, 0) is 0 Å². The maximum Gasteiger partial charge on any atom is 0.261 e. The molecule has 1 aliphatic carbocycles. The van der Waals surface area contributed by atoms with Crippen molar-refractivity contribution in [3.05, 3.63) is 41.3 Å². The summed E-state index contributed by atoms with van der Waals surface area (Å²) >= 11 is 0. The highest BCUT2D eigenvalue weighted by molar-refractivity contribution is 6.05. The lowest BCUT2D eigenvalue weighted by Gasteiger charge is -2.31. The maximum atomic E-state index is 12.9. The van der Waals surface area contributed by atoms with Crippen molar-refractivity contribution in [1.29, 1.82) is 0 Å². The lowest BCUT2D eigenvalue weighted by atomic mass is 9.85. The molecule has 2 aromatic rings. The van der Waals surface area contributed by atoms with Gasteiger partial charge in [-0.2, -0.15) is 0 Å². The Morgan fingerprint density at radius 2 is 1.79 bits per heavy atom. The quantitative estimate of drug-likeness (QED) is 0.825. The highest BCUT2D eigenvalue weighted by atomic mass is 16.5. The van der Waals surface area contributed by atoms with Crippen molar-refractivity contribution in [1.82, 2.24) is 5.16 Å². The van der Waals surface area contributed by atoms with E-state index < -0.39 is 0 Å². The zero-order valence-electron chi connectivity index (χ0n) is 16.5. The summed E-state index contributed by atoms with van der Waals surface area (Å²) in [6.07, 6.45) is 7.21. The number of aliphatic hydroxyl groups excluding tert-OH is 1. The molecule has 1 saturated carbocycles. The Morgan fingerprint density at radius 3 is 2.46 bits per heavy atom. The second-order valence-electron chi connectivity index (χ2n) is 8.05. The fourth-order valence-electron chi connectivity index (χ4n) is 4.39. The third-order valence-electron chi connectivity index (χ3n) is 6.06. The number of anilines is 2. The zero-order chi connectivity index (χ0) is 19.5. The molecular weight excluding hydrogens is 354 g/mol. The van der Waals surface area contributed by atoms with Crippen molar-refractivity contribution in [2.45, 2.75) is 63.9 Å². The fourth-order valence-corrected chi connectivity index (χ4v) is 4.39. The average molecular weight is 383 g/mol. The molecule has 6 nitrogen and oxygen atoms in total. The molecule has 0 atom stereocenters. The van der Waals surface area contributed by atoms with Crippen LogP contribution in [0.4, 0.5) is 11.4 Å². The first kappa shape index (κ1) is 19.0. The van der Waals surface area contributed by atoms with Crippen LogP contribution >= 0.6 is 0 Å². The Labute approximate surface area is 165 Å². The molecule has 2 aliphatic rings. The molecule has 0 spiro atoms. The lowest BCUT2D eigenvalue weighted by molar-refractivity contribution is 0.102. The number of carbonyl (C=O) groups excluding carboxylic acids is 1. The molecule has 2 heterocycles. The van der Waals surface area contributed by atoms with E-state index in [0.717, 1.165) is 55.8 Å². The molecule has 0 radical (unpaired) electrons. The number of nitrogens with zero attached hydrogens (tertiary/aromatic N) is 2. The lowest BCUT2D eigenvalue weighted by Crippen LogP contribution is -2.35. The van der Waals surface area contributed by atoms with Crippen molar-refractivity contribution in [3.8, 4) is 0 Å². The average Bonchev–Trinajstić information content (AvgIpc) is 3.11. The Bertz CT molecular complexity index is 801. The molecule has 1 aromatic heterocycles. The minimum atomic E-state index is -0.181. The molecule has 0 unspecified atom stereocenters. The second kappa shape index (κ2) is 8.35. The van der Waals surface area contributed by atoms with Crippen molar-refractivity contribution in [2.24, 2.45) is 0 Å². The second-order valence-corrected chi connectivity index (χ2v) is 8.05.